The summed E-state index contributed by atoms with van der Waals surface area (Å²) in [6.07, 6.45) is 1.24. The molecule has 5 heteroatoms. The Balaban J connectivity index is 2.79. The lowest BCUT2D eigenvalue weighted by molar-refractivity contribution is -0.137. The number of esters is 1. The number of carbonyl (C=O) groups is 2. The molecule has 1 aromatic rings. The van der Waals surface area contributed by atoms with E-state index in [2.05, 4.69) is 10.6 Å². The summed E-state index contributed by atoms with van der Waals surface area (Å²) < 4.78 is 4.83. The van der Waals surface area contributed by atoms with Crippen LogP contribution in [0.15, 0.2) is 42.2 Å². The van der Waals surface area contributed by atoms with Crippen LogP contribution in [0.4, 0.5) is 0 Å². The van der Waals surface area contributed by atoms with Crippen molar-refractivity contribution < 1.29 is 14.3 Å². The van der Waals surface area contributed by atoms with Gasteiger partial charge in [-0.05, 0) is 19.4 Å². The van der Waals surface area contributed by atoms with Gasteiger partial charge in [0.2, 0.25) is 5.91 Å². The van der Waals surface area contributed by atoms with Gasteiger partial charge >= 0.3 is 5.97 Å². The third kappa shape index (κ3) is 5.56. The van der Waals surface area contributed by atoms with Crippen LogP contribution in [0.25, 0.3) is 0 Å². The Morgan fingerprint density at radius 2 is 1.95 bits per heavy atom. The molecule has 0 spiro atoms. The molecule has 0 aliphatic heterocycles. The molecule has 2 N–H and O–H groups in total. The highest BCUT2D eigenvalue weighted by Crippen LogP contribution is 2.12. The van der Waals surface area contributed by atoms with Gasteiger partial charge in [0, 0.05) is 13.0 Å². The van der Waals surface area contributed by atoms with E-state index in [9.17, 15) is 9.59 Å². The second-order valence-corrected chi connectivity index (χ2v) is 4.27. The lowest BCUT2D eigenvalue weighted by Crippen LogP contribution is -2.32. The molecule has 1 rings (SSSR count). The first kappa shape index (κ1) is 15.8. The molecule has 0 aromatic heterocycles. The fourth-order valence-electron chi connectivity index (χ4n) is 1.66. The van der Waals surface area contributed by atoms with Gasteiger partial charge < -0.3 is 15.4 Å². The highest BCUT2D eigenvalue weighted by Gasteiger charge is 2.09. The van der Waals surface area contributed by atoms with Crippen molar-refractivity contribution in [3.63, 3.8) is 0 Å². The molecule has 0 aliphatic rings. The van der Waals surface area contributed by atoms with Gasteiger partial charge in [0.1, 0.15) is 5.82 Å². The lowest BCUT2D eigenvalue weighted by Gasteiger charge is -2.18. The van der Waals surface area contributed by atoms with Gasteiger partial charge in [-0.25, -0.2) is 4.79 Å². The number of nitrogens with one attached hydrogen (secondary N) is 2. The van der Waals surface area contributed by atoms with E-state index in [0.29, 0.717) is 5.82 Å². The summed E-state index contributed by atoms with van der Waals surface area (Å²) in [6.45, 7) is 5.34. The van der Waals surface area contributed by atoms with Crippen molar-refractivity contribution >= 4 is 11.9 Å². The zero-order valence-electron chi connectivity index (χ0n) is 12.0. The zero-order chi connectivity index (χ0) is 15.0. The third-order valence-electron chi connectivity index (χ3n) is 2.53. The number of carbonyl (C=O) groups excluding carboxylic acids is 2. The fourth-order valence-corrected chi connectivity index (χ4v) is 1.66. The molecule has 0 heterocycles. The van der Waals surface area contributed by atoms with Crippen LogP contribution in [-0.2, 0) is 14.3 Å². The highest BCUT2D eigenvalue weighted by molar-refractivity contribution is 5.84. The minimum atomic E-state index is -0.496. The number of ether oxygens (including phenoxy) is 1. The largest absolute Gasteiger partial charge is 0.463 e. The number of amides is 1. The quantitative estimate of drug-likeness (QED) is 0.615. The van der Waals surface area contributed by atoms with E-state index in [4.69, 9.17) is 4.74 Å². The van der Waals surface area contributed by atoms with Crippen LogP contribution in [0.3, 0.4) is 0 Å². The van der Waals surface area contributed by atoms with E-state index in [1.807, 2.05) is 37.3 Å². The van der Waals surface area contributed by atoms with Gasteiger partial charge in [-0.3, -0.25) is 4.79 Å². The van der Waals surface area contributed by atoms with E-state index < -0.39 is 5.97 Å². The van der Waals surface area contributed by atoms with Gasteiger partial charge in [0.25, 0.3) is 0 Å². The topological polar surface area (TPSA) is 67.4 Å². The molecule has 0 unspecified atom stereocenters. The fraction of sp³-hybridized carbons (Fsp3) is 0.333. The normalized spacial score (nSPS) is 12.4. The first-order chi connectivity index (χ1) is 9.52. The molecule has 108 valence electrons. The van der Waals surface area contributed by atoms with E-state index >= 15 is 0 Å². The summed E-state index contributed by atoms with van der Waals surface area (Å²) in [5.74, 6) is -0.426. The smallest absolute Gasteiger partial charge is 0.334 e. The molecule has 5 nitrogen and oxygen atoms in total. The van der Waals surface area contributed by atoms with Gasteiger partial charge in [-0.15, -0.1) is 0 Å². The lowest BCUT2D eigenvalue weighted by atomic mass is 10.1. The van der Waals surface area contributed by atoms with Crippen molar-refractivity contribution in [3.05, 3.63) is 47.8 Å². The van der Waals surface area contributed by atoms with Crippen LogP contribution in [0, 0.1) is 0 Å². The molecule has 1 amide bonds. The summed E-state index contributed by atoms with van der Waals surface area (Å²) in [5, 5.41) is 5.66. The Hall–Kier alpha value is -2.30. The molecule has 1 atom stereocenters. The van der Waals surface area contributed by atoms with Crippen LogP contribution in [-0.4, -0.2) is 18.5 Å². The van der Waals surface area contributed by atoms with Crippen LogP contribution in [0.5, 0.6) is 0 Å². The maximum Gasteiger partial charge on any atom is 0.334 e. The molecular weight excluding hydrogens is 256 g/mol. The summed E-state index contributed by atoms with van der Waals surface area (Å²) in [4.78, 5) is 22.6. The third-order valence-corrected chi connectivity index (χ3v) is 2.53. The minimum Gasteiger partial charge on any atom is -0.463 e. The summed E-state index contributed by atoms with van der Waals surface area (Å²) >= 11 is 0. The van der Waals surface area contributed by atoms with E-state index in [0.717, 1.165) is 5.56 Å². The molecule has 1 aromatic carbocycles. The van der Waals surface area contributed by atoms with Crippen molar-refractivity contribution in [2.45, 2.75) is 26.8 Å². The van der Waals surface area contributed by atoms with Gasteiger partial charge in [-0.2, -0.15) is 0 Å². The SMILES string of the molecule is CCOC(=O)/C=C(\NC(C)=O)N[C@@H](C)c1ccccc1. The predicted molar refractivity (Wildman–Crippen MR) is 76.5 cm³/mol. The molecule has 0 bridgehead atoms. The van der Waals surface area contributed by atoms with Crippen molar-refractivity contribution in [3.8, 4) is 0 Å². The average molecular weight is 276 g/mol. The van der Waals surface area contributed by atoms with Crippen LogP contribution < -0.4 is 10.6 Å². The van der Waals surface area contributed by atoms with Crippen molar-refractivity contribution in [1.82, 2.24) is 10.6 Å². The maximum absolute atomic E-state index is 11.5. The van der Waals surface area contributed by atoms with E-state index in [-0.39, 0.29) is 18.6 Å². The summed E-state index contributed by atoms with van der Waals surface area (Å²) in [6, 6.07) is 9.67. The van der Waals surface area contributed by atoms with Gasteiger partial charge in [0.05, 0.1) is 12.7 Å². The molecule has 20 heavy (non-hydrogen) atoms. The number of hydrogen-bond acceptors (Lipinski definition) is 4. The number of hydrogen-bond donors (Lipinski definition) is 2. The maximum atomic E-state index is 11.5. The molecule has 0 aliphatic carbocycles. The molecule has 0 saturated carbocycles. The molecule has 0 fully saturated rings. The van der Waals surface area contributed by atoms with Crippen molar-refractivity contribution in [1.29, 1.82) is 0 Å². The Bertz CT molecular complexity index is 483. The molecule has 0 saturated heterocycles. The number of rotatable bonds is 6. The standard InChI is InChI=1S/C15H20N2O3/c1-4-20-15(19)10-14(17-12(3)18)16-11(2)13-8-6-5-7-9-13/h5-11,16H,4H2,1-3H3,(H,17,18)/b14-10-/t11-/m0/s1. The monoisotopic (exact) mass is 276 g/mol. The average Bonchev–Trinajstić information content (AvgIpc) is 2.39. The first-order valence-electron chi connectivity index (χ1n) is 6.50. The molecule has 0 radical (unpaired) electrons. The van der Waals surface area contributed by atoms with Crippen LogP contribution >= 0.6 is 0 Å². The Kier molecular flexibility index (Phi) is 6.29. The van der Waals surface area contributed by atoms with Crippen LogP contribution in [0.1, 0.15) is 32.4 Å². The van der Waals surface area contributed by atoms with E-state index in [1.54, 1.807) is 6.92 Å². The van der Waals surface area contributed by atoms with Crippen molar-refractivity contribution in [2.75, 3.05) is 6.61 Å². The highest BCUT2D eigenvalue weighted by atomic mass is 16.5. The van der Waals surface area contributed by atoms with Gasteiger partial charge in [0.15, 0.2) is 0 Å². The second kappa shape index (κ2) is 7.99. The zero-order valence-corrected chi connectivity index (χ0v) is 12.0. The van der Waals surface area contributed by atoms with E-state index in [1.165, 1.54) is 13.0 Å². The summed E-state index contributed by atoms with van der Waals surface area (Å²) in [5.41, 5.74) is 1.05. The summed E-state index contributed by atoms with van der Waals surface area (Å²) in [7, 11) is 0. The number of benzene rings is 1. The van der Waals surface area contributed by atoms with Crippen molar-refractivity contribution in [2.24, 2.45) is 0 Å². The Morgan fingerprint density at radius 1 is 1.30 bits per heavy atom. The van der Waals surface area contributed by atoms with Crippen LogP contribution in [0.2, 0.25) is 0 Å². The Labute approximate surface area is 119 Å². The first-order valence-corrected chi connectivity index (χ1v) is 6.50. The second-order valence-electron chi connectivity index (χ2n) is 4.27. The Morgan fingerprint density at radius 3 is 2.50 bits per heavy atom. The minimum absolute atomic E-state index is 0.0521. The van der Waals surface area contributed by atoms with Gasteiger partial charge in [-0.1, -0.05) is 30.3 Å². The predicted octanol–water partition coefficient (Wildman–Crippen LogP) is 1.88. The molecular formula is C15H20N2O3.